The lowest BCUT2D eigenvalue weighted by Crippen LogP contribution is -2.34. The second kappa shape index (κ2) is 13.8. The van der Waals surface area contributed by atoms with Gasteiger partial charge in [0.05, 0.1) is 13.7 Å². The molecule has 4 rings (SSSR count). The summed E-state index contributed by atoms with van der Waals surface area (Å²) in [6.07, 6.45) is 9.10. The number of para-hydroxylation sites is 1. The first-order valence-corrected chi connectivity index (χ1v) is 13.1. The van der Waals surface area contributed by atoms with Crippen LogP contribution >= 0.6 is 0 Å². The highest BCUT2D eigenvalue weighted by molar-refractivity contribution is 5.47. The third-order valence-electron chi connectivity index (χ3n) is 6.64. The van der Waals surface area contributed by atoms with Crippen molar-refractivity contribution in [2.24, 2.45) is 0 Å². The van der Waals surface area contributed by atoms with Gasteiger partial charge in [-0.1, -0.05) is 54.6 Å². The normalized spacial score (nSPS) is 14.7. The van der Waals surface area contributed by atoms with Crippen molar-refractivity contribution in [1.82, 2.24) is 5.32 Å². The molecule has 0 unspecified atom stereocenters. The van der Waals surface area contributed by atoms with Gasteiger partial charge in [-0.2, -0.15) is 0 Å². The molecule has 4 heteroatoms. The molecule has 0 fully saturated rings. The molecule has 0 aromatic heterocycles. The van der Waals surface area contributed by atoms with Crippen molar-refractivity contribution >= 4 is 0 Å². The molecule has 0 amide bonds. The summed E-state index contributed by atoms with van der Waals surface area (Å²) in [7, 11) is 1.70. The molecule has 0 aliphatic carbocycles. The van der Waals surface area contributed by atoms with Gasteiger partial charge in [0, 0.05) is 6.54 Å². The minimum Gasteiger partial charge on any atom is -0.494 e. The van der Waals surface area contributed by atoms with E-state index in [1.54, 1.807) is 7.11 Å². The van der Waals surface area contributed by atoms with Crippen LogP contribution in [0.3, 0.4) is 0 Å². The van der Waals surface area contributed by atoms with E-state index < -0.39 is 0 Å². The number of rotatable bonds is 14. The summed E-state index contributed by atoms with van der Waals surface area (Å²) in [6.45, 7) is 2.68. The molecule has 186 valence electrons. The van der Waals surface area contributed by atoms with Crippen LogP contribution in [0.1, 0.15) is 48.8 Å². The predicted molar refractivity (Wildman–Crippen MR) is 143 cm³/mol. The van der Waals surface area contributed by atoms with Crippen molar-refractivity contribution in [3.63, 3.8) is 0 Å². The average molecular weight is 474 g/mol. The lowest BCUT2D eigenvalue weighted by molar-refractivity contribution is 0.163. The molecule has 0 spiro atoms. The third-order valence-corrected chi connectivity index (χ3v) is 6.64. The molecule has 0 saturated carbocycles. The SMILES string of the molecule is COc1cccc2c1O[C@@H](CNCCCCc1ccc(OCCCCc3ccccc3)cc1)CC2. The van der Waals surface area contributed by atoms with Gasteiger partial charge in [0.1, 0.15) is 11.9 Å². The number of ether oxygens (including phenoxy) is 3. The number of unbranched alkanes of at least 4 members (excludes halogenated alkanes) is 2. The minimum absolute atomic E-state index is 0.213. The zero-order chi connectivity index (χ0) is 24.1. The number of methoxy groups -OCH3 is 1. The maximum Gasteiger partial charge on any atom is 0.164 e. The lowest BCUT2D eigenvalue weighted by Gasteiger charge is -2.27. The fourth-order valence-corrected chi connectivity index (χ4v) is 4.60. The Bertz CT molecular complexity index is 989. The zero-order valence-corrected chi connectivity index (χ0v) is 21.0. The van der Waals surface area contributed by atoms with E-state index in [0.29, 0.717) is 0 Å². The van der Waals surface area contributed by atoms with E-state index >= 15 is 0 Å². The second-order valence-electron chi connectivity index (χ2n) is 9.32. The van der Waals surface area contributed by atoms with Crippen molar-refractivity contribution < 1.29 is 14.2 Å². The van der Waals surface area contributed by atoms with Gasteiger partial charge in [-0.15, -0.1) is 0 Å². The first kappa shape index (κ1) is 25.1. The van der Waals surface area contributed by atoms with E-state index in [2.05, 4.69) is 66.0 Å². The van der Waals surface area contributed by atoms with E-state index in [9.17, 15) is 0 Å². The highest BCUT2D eigenvalue weighted by atomic mass is 16.5. The van der Waals surface area contributed by atoms with Gasteiger partial charge >= 0.3 is 0 Å². The van der Waals surface area contributed by atoms with Crippen LogP contribution in [0.25, 0.3) is 0 Å². The standard InChI is InChI=1S/C31H39NO3/c1-33-30-15-9-14-27-18-21-29(35-31(27)30)24-32-22-7-5-12-26-16-19-28(20-17-26)34-23-8-6-13-25-10-3-2-4-11-25/h2-4,9-11,14-17,19-20,29,32H,5-8,12-13,18,21-24H2,1H3/t29-/m1/s1. The molecule has 0 bridgehead atoms. The molecular formula is C31H39NO3. The first-order chi connectivity index (χ1) is 17.3. The number of benzene rings is 3. The van der Waals surface area contributed by atoms with E-state index in [4.69, 9.17) is 14.2 Å². The van der Waals surface area contributed by atoms with E-state index in [-0.39, 0.29) is 6.10 Å². The van der Waals surface area contributed by atoms with Crippen molar-refractivity contribution in [3.8, 4) is 17.2 Å². The molecule has 4 nitrogen and oxygen atoms in total. The Morgan fingerprint density at radius 1 is 0.829 bits per heavy atom. The van der Waals surface area contributed by atoms with E-state index in [1.807, 2.05) is 12.1 Å². The summed E-state index contributed by atoms with van der Waals surface area (Å²) in [5.74, 6) is 2.74. The molecule has 1 atom stereocenters. The number of hydrogen-bond donors (Lipinski definition) is 1. The second-order valence-corrected chi connectivity index (χ2v) is 9.32. The maximum atomic E-state index is 6.20. The van der Waals surface area contributed by atoms with Crippen molar-refractivity contribution in [2.75, 3.05) is 26.8 Å². The van der Waals surface area contributed by atoms with Gasteiger partial charge in [-0.05, 0) is 92.8 Å². The van der Waals surface area contributed by atoms with Crippen LogP contribution in [-0.4, -0.2) is 32.9 Å². The van der Waals surface area contributed by atoms with E-state index in [1.165, 1.54) is 23.1 Å². The Kier molecular flexibility index (Phi) is 9.90. The Morgan fingerprint density at radius 2 is 1.60 bits per heavy atom. The van der Waals surface area contributed by atoms with Crippen molar-refractivity contribution in [2.45, 2.75) is 57.5 Å². The van der Waals surface area contributed by atoms with Gasteiger partial charge in [-0.25, -0.2) is 0 Å². The summed E-state index contributed by atoms with van der Waals surface area (Å²) in [4.78, 5) is 0. The molecule has 1 aliphatic rings. The molecule has 3 aromatic carbocycles. The topological polar surface area (TPSA) is 39.7 Å². The van der Waals surface area contributed by atoms with Crippen LogP contribution < -0.4 is 19.5 Å². The summed E-state index contributed by atoms with van der Waals surface area (Å²) >= 11 is 0. The number of fused-ring (bicyclic) bond motifs is 1. The average Bonchev–Trinajstić information content (AvgIpc) is 2.91. The van der Waals surface area contributed by atoms with Crippen LogP contribution in [0.5, 0.6) is 17.2 Å². The fourth-order valence-electron chi connectivity index (χ4n) is 4.60. The Balaban J connectivity index is 1.05. The largest absolute Gasteiger partial charge is 0.494 e. The molecule has 0 radical (unpaired) electrons. The summed E-state index contributed by atoms with van der Waals surface area (Å²) in [5, 5.41) is 3.58. The molecule has 1 N–H and O–H groups in total. The zero-order valence-electron chi connectivity index (χ0n) is 21.0. The van der Waals surface area contributed by atoms with Gasteiger partial charge in [0.15, 0.2) is 11.5 Å². The molecular weight excluding hydrogens is 434 g/mol. The minimum atomic E-state index is 0.213. The third kappa shape index (κ3) is 8.03. The summed E-state index contributed by atoms with van der Waals surface area (Å²) < 4.78 is 17.6. The van der Waals surface area contributed by atoms with Crippen LogP contribution in [0.15, 0.2) is 72.8 Å². The van der Waals surface area contributed by atoms with Crippen molar-refractivity contribution in [1.29, 1.82) is 0 Å². The molecule has 1 heterocycles. The quantitative estimate of drug-likeness (QED) is 0.275. The molecule has 3 aromatic rings. The highest BCUT2D eigenvalue weighted by Crippen LogP contribution is 2.36. The number of nitrogens with one attached hydrogen (secondary N) is 1. The van der Waals surface area contributed by atoms with Gasteiger partial charge in [0.2, 0.25) is 0 Å². The molecule has 35 heavy (non-hydrogen) atoms. The molecule has 0 saturated heterocycles. The fraction of sp³-hybridized carbons (Fsp3) is 0.419. The smallest absolute Gasteiger partial charge is 0.164 e. The van der Waals surface area contributed by atoms with Crippen LogP contribution in [0.2, 0.25) is 0 Å². The van der Waals surface area contributed by atoms with Gasteiger partial charge < -0.3 is 19.5 Å². The Hall–Kier alpha value is -2.98. The highest BCUT2D eigenvalue weighted by Gasteiger charge is 2.22. The maximum absolute atomic E-state index is 6.20. The van der Waals surface area contributed by atoms with Gasteiger partial charge in [-0.3, -0.25) is 0 Å². The summed E-state index contributed by atoms with van der Waals surface area (Å²) in [5.41, 5.74) is 4.03. The predicted octanol–water partition coefficient (Wildman–Crippen LogP) is 6.40. The molecule has 1 aliphatic heterocycles. The monoisotopic (exact) mass is 473 g/mol. The van der Waals surface area contributed by atoms with Crippen LogP contribution in [0.4, 0.5) is 0 Å². The van der Waals surface area contributed by atoms with Crippen molar-refractivity contribution in [3.05, 3.63) is 89.5 Å². The number of aryl methyl sites for hydroxylation is 3. The number of hydrogen-bond acceptors (Lipinski definition) is 4. The Morgan fingerprint density at radius 3 is 2.40 bits per heavy atom. The first-order valence-electron chi connectivity index (χ1n) is 13.1. The summed E-state index contributed by atoms with van der Waals surface area (Å²) in [6, 6.07) is 25.4. The lowest BCUT2D eigenvalue weighted by atomic mass is 10.0. The van der Waals surface area contributed by atoms with E-state index in [0.717, 1.165) is 81.9 Å². The Labute approximate surface area is 210 Å². The van der Waals surface area contributed by atoms with Gasteiger partial charge in [0.25, 0.3) is 0 Å². The van der Waals surface area contributed by atoms with Crippen LogP contribution in [-0.2, 0) is 19.3 Å². The van der Waals surface area contributed by atoms with Crippen LogP contribution in [0, 0.1) is 0 Å².